The molecule has 0 amide bonds. The van der Waals surface area contributed by atoms with Crippen LogP contribution in [0.2, 0.25) is 0 Å². The van der Waals surface area contributed by atoms with Crippen LogP contribution in [-0.4, -0.2) is 37.3 Å². The Kier molecular flexibility index (Phi) is 5.22. The number of hydrogen-bond donors (Lipinski definition) is 1. The molecular formula is C15H25N3O2S. The van der Waals surface area contributed by atoms with Gasteiger partial charge in [-0.3, -0.25) is 0 Å². The Balaban J connectivity index is 2.25. The molecule has 0 unspecified atom stereocenters. The van der Waals surface area contributed by atoms with Gasteiger partial charge in [-0.1, -0.05) is 6.92 Å². The fourth-order valence-electron chi connectivity index (χ4n) is 2.86. The lowest BCUT2D eigenvalue weighted by Gasteiger charge is -2.32. The third-order valence-electron chi connectivity index (χ3n) is 4.26. The normalized spacial score (nSPS) is 23.2. The molecule has 5 nitrogen and oxygen atoms in total. The van der Waals surface area contributed by atoms with Gasteiger partial charge in [-0.2, -0.15) is 4.31 Å². The topological polar surface area (TPSA) is 62.3 Å². The van der Waals surface area contributed by atoms with E-state index in [4.69, 9.17) is 0 Å². The van der Waals surface area contributed by atoms with Crippen LogP contribution < -0.4 is 5.32 Å². The Labute approximate surface area is 127 Å². The average molecular weight is 311 g/mol. The molecule has 1 heterocycles. The van der Waals surface area contributed by atoms with E-state index < -0.39 is 10.0 Å². The number of aromatic nitrogens is 1. The molecule has 1 saturated carbocycles. The van der Waals surface area contributed by atoms with Gasteiger partial charge >= 0.3 is 0 Å². The maximum absolute atomic E-state index is 12.8. The van der Waals surface area contributed by atoms with E-state index >= 15 is 0 Å². The lowest BCUT2D eigenvalue weighted by molar-refractivity contribution is 0.245. The van der Waals surface area contributed by atoms with Crippen molar-refractivity contribution in [1.29, 1.82) is 0 Å². The first-order chi connectivity index (χ1) is 9.96. The fourth-order valence-corrected chi connectivity index (χ4v) is 4.35. The van der Waals surface area contributed by atoms with Crippen LogP contribution in [0.5, 0.6) is 0 Å². The summed E-state index contributed by atoms with van der Waals surface area (Å²) in [5, 5.41) is 3.21. The van der Waals surface area contributed by atoms with Crippen molar-refractivity contribution in [2.45, 2.75) is 50.6 Å². The van der Waals surface area contributed by atoms with Gasteiger partial charge in [0.2, 0.25) is 0 Å². The van der Waals surface area contributed by atoms with E-state index in [0.717, 1.165) is 25.7 Å². The summed E-state index contributed by atoms with van der Waals surface area (Å²) in [6.07, 6.45) is 5.57. The molecule has 0 aromatic carbocycles. The predicted octanol–water partition coefficient (Wildman–Crippen LogP) is 2.71. The van der Waals surface area contributed by atoms with Crippen LogP contribution in [0, 0.1) is 5.92 Å². The zero-order valence-electron chi connectivity index (χ0n) is 13.0. The van der Waals surface area contributed by atoms with Crippen LogP contribution in [0.1, 0.15) is 39.5 Å². The van der Waals surface area contributed by atoms with Gasteiger partial charge in [0.25, 0.3) is 10.0 Å². The minimum Gasteiger partial charge on any atom is -0.383 e. The van der Waals surface area contributed by atoms with Crippen LogP contribution in [0.25, 0.3) is 0 Å². The van der Waals surface area contributed by atoms with Crippen molar-refractivity contribution < 1.29 is 8.42 Å². The molecule has 118 valence electrons. The van der Waals surface area contributed by atoms with Crippen molar-refractivity contribution in [2.75, 3.05) is 18.9 Å². The van der Waals surface area contributed by atoms with Crippen molar-refractivity contribution in [3.63, 3.8) is 0 Å². The molecule has 0 spiro atoms. The highest BCUT2D eigenvalue weighted by molar-refractivity contribution is 7.89. The number of nitrogens with zero attached hydrogens (tertiary/aromatic N) is 2. The first-order valence-electron chi connectivity index (χ1n) is 7.63. The zero-order chi connectivity index (χ0) is 15.5. The minimum atomic E-state index is -3.55. The Morgan fingerprint density at radius 1 is 1.33 bits per heavy atom. The van der Waals surface area contributed by atoms with Crippen molar-refractivity contribution in [1.82, 2.24) is 9.29 Å². The van der Waals surface area contributed by atoms with Gasteiger partial charge in [0.1, 0.15) is 0 Å². The van der Waals surface area contributed by atoms with E-state index in [2.05, 4.69) is 17.2 Å². The largest absolute Gasteiger partial charge is 0.383 e. The molecule has 21 heavy (non-hydrogen) atoms. The van der Waals surface area contributed by atoms with Gasteiger partial charge in [0, 0.05) is 25.8 Å². The standard InChI is InChI=1S/C15H25N3O2S/c1-4-16-14-6-5-11-17-15(14)21(19,20)18(3)13-9-7-12(2)8-10-13/h5-6,11-13,16H,4,7-10H2,1-3H3. The van der Waals surface area contributed by atoms with Crippen LogP contribution >= 0.6 is 0 Å². The smallest absolute Gasteiger partial charge is 0.262 e. The third kappa shape index (κ3) is 3.55. The molecule has 1 aromatic rings. The molecular weight excluding hydrogens is 286 g/mol. The molecule has 1 N–H and O–H groups in total. The maximum Gasteiger partial charge on any atom is 0.262 e. The summed E-state index contributed by atoms with van der Waals surface area (Å²) in [6, 6.07) is 3.60. The van der Waals surface area contributed by atoms with Crippen molar-refractivity contribution in [2.24, 2.45) is 5.92 Å². The summed E-state index contributed by atoms with van der Waals surface area (Å²) < 4.78 is 27.2. The third-order valence-corrected chi connectivity index (χ3v) is 6.13. The lowest BCUT2D eigenvalue weighted by atomic mass is 9.87. The molecule has 0 saturated heterocycles. The predicted molar refractivity (Wildman–Crippen MR) is 84.8 cm³/mol. The number of pyridine rings is 1. The van der Waals surface area contributed by atoms with Crippen molar-refractivity contribution in [3.05, 3.63) is 18.3 Å². The molecule has 0 aliphatic heterocycles. The van der Waals surface area contributed by atoms with Crippen LogP contribution in [0.15, 0.2) is 23.4 Å². The Bertz CT molecular complexity index is 566. The Hall–Kier alpha value is -1.14. The summed E-state index contributed by atoms with van der Waals surface area (Å²) in [5.74, 6) is 0.699. The Morgan fingerprint density at radius 2 is 2.00 bits per heavy atom. The van der Waals surface area contributed by atoms with Crippen LogP contribution in [0.3, 0.4) is 0 Å². The molecule has 6 heteroatoms. The summed E-state index contributed by atoms with van der Waals surface area (Å²) >= 11 is 0. The number of hydrogen-bond acceptors (Lipinski definition) is 4. The lowest BCUT2D eigenvalue weighted by Crippen LogP contribution is -2.39. The highest BCUT2D eigenvalue weighted by Crippen LogP contribution is 2.30. The fraction of sp³-hybridized carbons (Fsp3) is 0.667. The average Bonchev–Trinajstić information content (AvgIpc) is 2.48. The molecule has 1 aromatic heterocycles. The van der Waals surface area contributed by atoms with E-state index in [1.54, 1.807) is 19.2 Å². The number of nitrogens with one attached hydrogen (secondary N) is 1. The van der Waals surface area contributed by atoms with Gasteiger partial charge in [-0.15, -0.1) is 0 Å². The summed E-state index contributed by atoms with van der Waals surface area (Å²) in [6.45, 7) is 4.83. The van der Waals surface area contributed by atoms with E-state index in [1.807, 2.05) is 6.92 Å². The van der Waals surface area contributed by atoms with Crippen LogP contribution in [-0.2, 0) is 10.0 Å². The SMILES string of the molecule is CCNc1cccnc1S(=O)(=O)N(C)C1CCC(C)CC1. The minimum absolute atomic E-state index is 0.0858. The number of anilines is 1. The molecule has 0 radical (unpaired) electrons. The van der Waals surface area contributed by atoms with Crippen molar-refractivity contribution >= 4 is 15.7 Å². The van der Waals surface area contributed by atoms with E-state index in [1.165, 1.54) is 10.5 Å². The van der Waals surface area contributed by atoms with Gasteiger partial charge in [0.05, 0.1) is 5.69 Å². The van der Waals surface area contributed by atoms with E-state index in [-0.39, 0.29) is 11.1 Å². The van der Waals surface area contributed by atoms with Crippen molar-refractivity contribution in [3.8, 4) is 0 Å². The Morgan fingerprint density at radius 3 is 2.62 bits per heavy atom. The molecule has 1 fully saturated rings. The first-order valence-corrected chi connectivity index (χ1v) is 9.07. The van der Waals surface area contributed by atoms with E-state index in [0.29, 0.717) is 18.2 Å². The molecule has 2 rings (SSSR count). The zero-order valence-corrected chi connectivity index (χ0v) is 13.9. The highest BCUT2D eigenvalue weighted by Gasteiger charge is 2.32. The van der Waals surface area contributed by atoms with Crippen LogP contribution in [0.4, 0.5) is 5.69 Å². The van der Waals surface area contributed by atoms with Gasteiger partial charge in [-0.05, 0) is 50.7 Å². The maximum atomic E-state index is 12.8. The van der Waals surface area contributed by atoms with E-state index in [9.17, 15) is 8.42 Å². The van der Waals surface area contributed by atoms with Gasteiger partial charge < -0.3 is 5.32 Å². The summed E-state index contributed by atoms with van der Waals surface area (Å²) in [5.41, 5.74) is 0.580. The quantitative estimate of drug-likeness (QED) is 0.908. The molecule has 0 bridgehead atoms. The highest BCUT2D eigenvalue weighted by atomic mass is 32.2. The molecule has 0 atom stereocenters. The first kappa shape index (κ1) is 16.2. The molecule has 1 aliphatic carbocycles. The second kappa shape index (κ2) is 6.75. The summed E-state index contributed by atoms with van der Waals surface area (Å²) in [7, 11) is -1.87. The van der Waals surface area contributed by atoms with Gasteiger partial charge in [0.15, 0.2) is 5.03 Å². The summed E-state index contributed by atoms with van der Waals surface area (Å²) in [4.78, 5) is 4.11. The number of rotatable bonds is 5. The van der Waals surface area contributed by atoms with Gasteiger partial charge in [-0.25, -0.2) is 13.4 Å². The second-order valence-electron chi connectivity index (χ2n) is 5.82. The monoisotopic (exact) mass is 311 g/mol. The second-order valence-corrected chi connectivity index (χ2v) is 7.73. The number of sulfonamides is 1. The molecule has 1 aliphatic rings.